The zero-order valence-electron chi connectivity index (χ0n) is 16.5. The van der Waals surface area contributed by atoms with E-state index in [1.807, 2.05) is 11.0 Å². The Bertz CT molecular complexity index is 822. The van der Waals surface area contributed by atoms with Crippen LogP contribution in [0.1, 0.15) is 30.3 Å². The molecule has 156 valence electrons. The highest BCUT2D eigenvalue weighted by Gasteiger charge is 2.32. The lowest BCUT2D eigenvalue weighted by atomic mass is 10.1. The van der Waals surface area contributed by atoms with E-state index in [9.17, 15) is 9.18 Å². The van der Waals surface area contributed by atoms with Crippen molar-refractivity contribution in [2.75, 3.05) is 46.0 Å². The number of hydrogen-bond acceptors (Lipinski definition) is 5. The van der Waals surface area contributed by atoms with Crippen LogP contribution in [0, 0.1) is 5.82 Å². The molecule has 1 atom stereocenters. The normalized spacial score (nSPS) is 20.2. The van der Waals surface area contributed by atoms with E-state index in [-0.39, 0.29) is 17.8 Å². The molecule has 8 heteroatoms. The number of rotatable bonds is 7. The van der Waals surface area contributed by atoms with E-state index in [1.165, 1.54) is 12.1 Å². The number of likely N-dealkylation sites (tertiary alicyclic amines) is 1. The Labute approximate surface area is 169 Å². The third kappa shape index (κ3) is 5.13. The minimum absolute atomic E-state index is 0.0256. The second kappa shape index (κ2) is 9.37. The maximum absolute atomic E-state index is 13.2. The smallest absolute Gasteiger partial charge is 0.237 e. The Hall–Kier alpha value is -2.45. The molecule has 2 aliphatic rings. The first-order valence-corrected chi connectivity index (χ1v) is 10.2. The largest absolute Gasteiger partial charge is 0.493 e. The molecule has 3 heterocycles. The molecule has 2 saturated heterocycles. The predicted octanol–water partition coefficient (Wildman–Crippen LogP) is 2.17. The van der Waals surface area contributed by atoms with Gasteiger partial charge in [0.25, 0.3) is 0 Å². The molecule has 1 aromatic heterocycles. The second-order valence-corrected chi connectivity index (χ2v) is 7.51. The number of nitrogens with one attached hydrogen (secondary N) is 1. The summed E-state index contributed by atoms with van der Waals surface area (Å²) in [5.74, 6) is 0.364. The molecule has 0 radical (unpaired) electrons. The molecule has 1 aromatic carbocycles. The summed E-state index contributed by atoms with van der Waals surface area (Å²) in [7, 11) is 0. The first kappa shape index (κ1) is 19.8. The van der Waals surface area contributed by atoms with Crippen LogP contribution < -0.4 is 4.74 Å². The van der Waals surface area contributed by atoms with Gasteiger partial charge in [-0.3, -0.25) is 14.8 Å². The molecule has 1 N–H and O–H groups in total. The van der Waals surface area contributed by atoms with Gasteiger partial charge >= 0.3 is 0 Å². The van der Waals surface area contributed by atoms with Crippen molar-refractivity contribution in [2.45, 2.75) is 25.3 Å². The number of nitrogens with zero attached hydrogens (tertiary/aromatic N) is 3. The monoisotopic (exact) mass is 402 g/mol. The average molecular weight is 402 g/mol. The molecule has 4 rings (SSSR count). The lowest BCUT2D eigenvalue weighted by molar-refractivity contribution is -0.134. The first-order valence-electron chi connectivity index (χ1n) is 10.2. The fraction of sp³-hybridized carbons (Fsp3) is 0.524. The van der Waals surface area contributed by atoms with E-state index in [1.54, 1.807) is 12.1 Å². The number of amides is 1. The number of aromatic amines is 1. The topological polar surface area (TPSA) is 70.7 Å². The minimum atomic E-state index is -0.311. The summed E-state index contributed by atoms with van der Waals surface area (Å²) in [5.41, 5.74) is 1.85. The van der Waals surface area contributed by atoms with Crippen molar-refractivity contribution in [3.8, 4) is 5.75 Å². The van der Waals surface area contributed by atoms with Crippen molar-refractivity contribution in [3.63, 3.8) is 0 Å². The van der Waals surface area contributed by atoms with Crippen LogP contribution in [0.2, 0.25) is 0 Å². The van der Waals surface area contributed by atoms with Gasteiger partial charge in [-0.2, -0.15) is 5.10 Å². The third-order valence-electron chi connectivity index (χ3n) is 5.46. The standard InChI is InChI=1S/C21H27FN4O3/c22-16-3-1-4-18(13-16)29-10-6-17-14-19(24-23-17)20-5-2-7-26(20)21(27)15-25-8-11-28-12-9-25/h1,3-4,13-14,20H,2,5-12,15H2,(H,23,24)/t20-/m1/s1. The van der Waals surface area contributed by atoms with E-state index in [0.717, 1.165) is 43.9 Å². The van der Waals surface area contributed by atoms with E-state index < -0.39 is 0 Å². The van der Waals surface area contributed by atoms with Crippen molar-refractivity contribution in [1.82, 2.24) is 20.0 Å². The lowest BCUT2D eigenvalue weighted by Gasteiger charge is -2.30. The molecule has 0 saturated carbocycles. The van der Waals surface area contributed by atoms with Crippen molar-refractivity contribution in [1.29, 1.82) is 0 Å². The van der Waals surface area contributed by atoms with Gasteiger partial charge in [-0.15, -0.1) is 0 Å². The van der Waals surface area contributed by atoms with Gasteiger partial charge in [0, 0.05) is 37.8 Å². The number of benzene rings is 1. The van der Waals surface area contributed by atoms with Crippen LogP contribution in [0.5, 0.6) is 5.75 Å². The Balaban J connectivity index is 1.31. The first-order chi connectivity index (χ1) is 14.2. The zero-order valence-corrected chi connectivity index (χ0v) is 16.5. The van der Waals surface area contributed by atoms with Gasteiger partial charge in [-0.05, 0) is 31.0 Å². The summed E-state index contributed by atoms with van der Waals surface area (Å²) >= 11 is 0. The second-order valence-electron chi connectivity index (χ2n) is 7.51. The average Bonchev–Trinajstić information content (AvgIpc) is 3.38. The van der Waals surface area contributed by atoms with Crippen molar-refractivity contribution >= 4 is 5.91 Å². The minimum Gasteiger partial charge on any atom is -0.493 e. The summed E-state index contributed by atoms with van der Waals surface area (Å²) in [6.07, 6.45) is 2.56. The molecule has 0 bridgehead atoms. The maximum atomic E-state index is 13.2. The molecule has 0 aliphatic carbocycles. The number of morpholine rings is 1. The van der Waals surface area contributed by atoms with Gasteiger partial charge in [0.05, 0.1) is 38.1 Å². The van der Waals surface area contributed by atoms with Crippen molar-refractivity contribution in [2.24, 2.45) is 0 Å². The SMILES string of the molecule is O=C(CN1CCOCC1)N1CCC[C@@H]1c1cc(CCOc2cccc(F)c2)[nH]n1. The molecule has 2 aromatic rings. The summed E-state index contributed by atoms with van der Waals surface area (Å²) in [6.45, 7) is 4.64. The van der Waals surface area contributed by atoms with Crippen molar-refractivity contribution < 1.29 is 18.7 Å². The molecule has 0 unspecified atom stereocenters. The number of aromatic nitrogens is 2. The fourth-order valence-electron chi connectivity index (χ4n) is 3.93. The lowest BCUT2D eigenvalue weighted by Crippen LogP contribution is -2.44. The van der Waals surface area contributed by atoms with Crippen molar-refractivity contribution in [3.05, 3.63) is 47.5 Å². The van der Waals surface area contributed by atoms with E-state index in [2.05, 4.69) is 15.1 Å². The third-order valence-corrected chi connectivity index (χ3v) is 5.46. The number of ether oxygens (including phenoxy) is 2. The number of carbonyl (C=O) groups excluding carboxylic acids is 1. The van der Waals surface area contributed by atoms with Crippen LogP contribution in [0.4, 0.5) is 4.39 Å². The molecule has 2 aliphatic heterocycles. The molecule has 2 fully saturated rings. The van der Waals surface area contributed by atoms with Gasteiger partial charge < -0.3 is 14.4 Å². The van der Waals surface area contributed by atoms with Gasteiger partial charge in [-0.25, -0.2) is 4.39 Å². The van der Waals surface area contributed by atoms with Gasteiger partial charge in [0.2, 0.25) is 5.91 Å². The van der Waals surface area contributed by atoms with Gasteiger partial charge in [0.15, 0.2) is 0 Å². The zero-order chi connectivity index (χ0) is 20.1. The van der Waals surface area contributed by atoms with Gasteiger partial charge in [0.1, 0.15) is 11.6 Å². The molecule has 29 heavy (non-hydrogen) atoms. The van der Waals surface area contributed by atoms with Crippen LogP contribution in [0.25, 0.3) is 0 Å². The number of halogens is 1. The Morgan fingerprint density at radius 3 is 2.97 bits per heavy atom. The molecule has 1 amide bonds. The number of hydrogen-bond donors (Lipinski definition) is 1. The quantitative estimate of drug-likeness (QED) is 0.769. The molecular formula is C21H27FN4O3. The van der Waals surface area contributed by atoms with Crippen LogP contribution in [-0.2, 0) is 16.0 Å². The molecule has 7 nitrogen and oxygen atoms in total. The van der Waals surface area contributed by atoms with E-state index in [0.29, 0.717) is 38.5 Å². The highest BCUT2D eigenvalue weighted by Crippen LogP contribution is 2.31. The highest BCUT2D eigenvalue weighted by molar-refractivity contribution is 5.79. The van der Waals surface area contributed by atoms with Crippen LogP contribution in [-0.4, -0.2) is 71.9 Å². The Morgan fingerprint density at radius 1 is 1.28 bits per heavy atom. The van der Waals surface area contributed by atoms with E-state index in [4.69, 9.17) is 9.47 Å². The molecule has 0 spiro atoms. The van der Waals surface area contributed by atoms with Crippen LogP contribution in [0.15, 0.2) is 30.3 Å². The van der Waals surface area contributed by atoms with E-state index >= 15 is 0 Å². The Kier molecular flexibility index (Phi) is 6.41. The fourth-order valence-corrected chi connectivity index (χ4v) is 3.93. The highest BCUT2D eigenvalue weighted by atomic mass is 19.1. The number of H-pyrrole nitrogens is 1. The van der Waals surface area contributed by atoms with Gasteiger partial charge in [-0.1, -0.05) is 6.07 Å². The number of carbonyl (C=O) groups is 1. The maximum Gasteiger partial charge on any atom is 0.237 e. The molecular weight excluding hydrogens is 375 g/mol. The Morgan fingerprint density at radius 2 is 2.14 bits per heavy atom. The summed E-state index contributed by atoms with van der Waals surface area (Å²) in [4.78, 5) is 16.9. The summed E-state index contributed by atoms with van der Waals surface area (Å²) in [5, 5.41) is 7.50. The van der Waals surface area contributed by atoms with Crippen LogP contribution >= 0.6 is 0 Å². The van der Waals surface area contributed by atoms with Crippen LogP contribution in [0.3, 0.4) is 0 Å². The summed E-state index contributed by atoms with van der Waals surface area (Å²) in [6, 6.07) is 8.16. The summed E-state index contributed by atoms with van der Waals surface area (Å²) < 4.78 is 24.2. The predicted molar refractivity (Wildman–Crippen MR) is 105 cm³/mol.